The van der Waals surface area contributed by atoms with Crippen LogP contribution < -0.4 is 11.3 Å². The normalized spacial score (nSPS) is 18.1. The molecule has 0 bridgehead atoms. The molecule has 9 heteroatoms. The van der Waals surface area contributed by atoms with Crippen LogP contribution in [0.25, 0.3) is 22.3 Å². The molecule has 1 amide bonds. The molecule has 9 nitrogen and oxygen atoms in total. The van der Waals surface area contributed by atoms with E-state index in [0.717, 1.165) is 22.0 Å². The molecule has 1 atom stereocenters. The second kappa shape index (κ2) is 8.83. The number of hydrogen-bond donors (Lipinski definition) is 2. The van der Waals surface area contributed by atoms with Crippen LogP contribution >= 0.6 is 0 Å². The van der Waals surface area contributed by atoms with Gasteiger partial charge in [-0.3, -0.25) is 9.59 Å². The van der Waals surface area contributed by atoms with Crippen molar-refractivity contribution in [2.24, 2.45) is 5.73 Å². The molecular weight excluding hydrogens is 460 g/mol. The van der Waals surface area contributed by atoms with Crippen LogP contribution in [0.2, 0.25) is 0 Å². The van der Waals surface area contributed by atoms with E-state index < -0.39 is 11.6 Å². The summed E-state index contributed by atoms with van der Waals surface area (Å²) in [7, 11) is 0. The fraction of sp³-hybridized carbons (Fsp3) is 0.407. The van der Waals surface area contributed by atoms with E-state index in [1.165, 1.54) is 0 Å². The Morgan fingerprint density at radius 1 is 1.28 bits per heavy atom. The summed E-state index contributed by atoms with van der Waals surface area (Å²) in [5.41, 5.74) is 7.99. The van der Waals surface area contributed by atoms with Gasteiger partial charge in [-0.05, 0) is 44.4 Å². The van der Waals surface area contributed by atoms with Gasteiger partial charge in [0.1, 0.15) is 6.61 Å². The average molecular weight is 491 g/mol. The Labute approximate surface area is 208 Å². The van der Waals surface area contributed by atoms with Crippen molar-refractivity contribution in [1.29, 1.82) is 0 Å². The van der Waals surface area contributed by atoms with Gasteiger partial charge in [-0.25, -0.2) is 9.78 Å². The summed E-state index contributed by atoms with van der Waals surface area (Å²) in [5.74, 6) is -0.860. The Bertz CT molecular complexity index is 1460. The molecule has 0 fully saturated rings. The fourth-order valence-electron chi connectivity index (χ4n) is 5.42. The monoisotopic (exact) mass is 490 g/mol. The smallest absolute Gasteiger partial charge is 0.343 e. The number of benzene rings is 1. The van der Waals surface area contributed by atoms with Gasteiger partial charge in [0.2, 0.25) is 5.91 Å². The van der Waals surface area contributed by atoms with E-state index >= 15 is 0 Å². The summed E-state index contributed by atoms with van der Waals surface area (Å²) in [6, 6.07) is 9.49. The lowest BCUT2D eigenvalue weighted by molar-refractivity contribution is -0.172. The predicted octanol–water partition coefficient (Wildman–Crippen LogP) is 1.82. The predicted molar refractivity (Wildman–Crippen MR) is 134 cm³/mol. The van der Waals surface area contributed by atoms with Crippen molar-refractivity contribution in [3.8, 4) is 11.4 Å². The molecule has 36 heavy (non-hydrogen) atoms. The fourth-order valence-corrected chi connectivity index (χ4v) is 5.42. The van der Waals surface area contributed by atoms with Gasteiger partial charge in [-0.1, -0.05) is 25.1 Å². The quantitative estimate of drug-likeness (QED) is 0.395. The van der Waals surface area contributed by atoms with Crippen molar-refractivity contribution in [3.05, 3.63) is 62.9 Å². The number of carbonyl (C=O) groups excluding carboxylic acids is 2. The van der Waals surface area contributed by atoms with E-state index in [1.807, 2.05) is 38.1 Å². The number of pyridine rings is 2. The Morgan fingerprint density at radius 3 is 2.72 bits per heavy atom. The van der Waals surface area contributed by atoms with Crippen molar-refractivity contribution >= 4 is 22.8 Å². The van der Waals surface area contributed by atoms with Gasteiger partial charge in [-0.15, -0.1) is 0 Å². The van der Waals surface area contributed by atoms with Gasteiger partial charge in [0.25, 0.3) is 5.56 Å². The number of amides is 1. The SMILES string of the molecule is CC[C@@]1(O)C(=O)OCc2c1cc1n(c2=O)Cc2c-1nc1ccccc1c2CCN(C(=O)CN)C(C)C. The van der Waals surface area contributed by atoms with Crippen molar-refractivity contribution in [2.75, 3.05) is 13.1 Å². The minimum atomic E-state index is -1.87. The molecule has 0 unspecified atom stereocenters. The van der Waals surface area contributed by atoms with Crippen LogP contribution in [-0.2, 0) is 39.5 Å². The van der Waals surface area contributed by atoms with Crippen LogP contribution in [0.3, 0.4) is 0 Å². The molecule has 0 spiro atoms. The van der Waals surface area contributed by atoms with E-state index in [1.54, 1.807) is 22.5 Å². The first kappa shape index (κ1) is 24.1. The lowest BCUT2D eigenvalue weighted by Gasteiger charge is -2.31. The Hall–Kier alpha value is -3.56. The van der Waals surface area contributed by atoms with Gasteiger partial charge in [0.05, 0.1) is 35.6 Å². The van der Waals surface area contributed by atoms with Crippen molar-refractivity contribution < 1.29 is 19.4 Å². The number of carbonyl (C=O) groups is 2. The highest BCUT2D eigenvalue weighted by molar-refractivity contribution is 5.89. The highest BCUT2D eigenvalue weighted by atomic mass is 16.6. The van der Waals surface area contributed by atoms with Crippen LogP contribution in [0.4, 0.5) is 0 Å². The number of aliphatic hydroxyl groups is 1. The third kappa shape index (κ3) is 3.53. The maximum atomic E-state index is 13.5. The highest BCUT2D eigenvalue weighted by Crippen LogP contribution is 2.40. The number of fused-ring (bicyclic) bond motifs is 5. The molecule has 2 aromatic heterocycles. The summed E-state index contributed by atoms with van der Waals surface area (Å²) in [4.78, 5) is 45.1. The first-order valence-corrected chi connectivity index (χ1v) is 12.3. The summed E-state index contributed by atoms with van der Waals surface area (Å²) >= 11 is 0. The molecule has 0 aliphatic carbocycles. The lowest BCUT2D eigenvalue weighted by Crippen LogP contribution is -2.44. The number of cyclic esters (lactones) is 1. The van der Waals surface area contributed by atoms with Gasteiger partial charge in [0, 0.05) is 29.1 Å². The van der Waals surface area contributed by atoms with Gasteiger partial charge in [0.15, 0.2) is 5.60 Å². The molecule has 3 aromatic rings. The van der Waals surface area contributed by atoms with Gasteiger partial charge < -0.3 is 25.0 Å². The van der Waals surface area contributed by atoms with E-state index in [4.69, 9.17) is 15.5 Å². The first-order chi connectivity index (χ1) is 17.2. The number of hydrogen-bond acceptors (Lipinski definition) is 7. The topological polar surface area (TPSA) is 128 Å². The van der Waals surface area contributed by atoms with Crippen LogP contribution in [0.1, 0.15) is 49.4 Å². The third-order valence-electron chi connectivity index (χ3n) is 7.43. The average Bonchev–Trinajstić information content (AvgIpc) is 3.24. The van der Waals surface area contributed by atoms with Gasteiger partial charge >= 0.3 is 5.97 Å². The maximum absolute atomic E-state index is 13.5. The number of nitrogens with two attached hydrogens (primary N) is 1. The van der Waals surface area contributed by atoms with Crippen LogP contribution in [0.5, 0.6) is 0 Å². The minimum absolute atomic E-state index is 0.00185. The molecule has 4 heterocycles. The summed E-state index contributed by atoms with van der Waals surface area (Å²) < 4.78 is 6.81. The Morgan fingerprint density at radius 2 is 2.03 bits per heavy atom. The number of nitrogens with zero attached hydrogens (tertiary/aromatic N) is 3. The molecule has 0 saturated heterocycles. The van der Waals surface area contributed by atoms with E-state index in [2.05, 4.69) is 0 Å². The van der Waals surface area contributed by atoms with E-state index in [0.29, 0.717) is 42.0 Å². The largest absolute Gasteiger partial charge is 0.458 e. The van der Waals surface area contributed by atoms with Crippen LogP contribution in [-0.4, -0.2) is 50.6 Å². The molecular formula is C27H30N4O5. The highest BCUT2D eigenvalue weighted by Gasteiger charge is 2.45. The molecule has 188 valence electrons. The first-order valence-electron chi connectivity index (χ1n) is 12.3. The zero-order chi connectivity index (χ0) is 25.8. The zero-order valence-electron chi connectivity index (χ0n) is 20.7. The van der Waals surface area contributed by atoms with Crippen molar-refractivity contribution in [2.45, 2.75) is 58.4 Å². The summed E-state index contributed by atoms with van der Waals surface area (Å²) in [6.45, 7) is 6.17. The van der Waals surface area contributed by atoms with Gasteiger partial charge in [-0.2, -0.15) is 0 Å². The maximum Gasteiger partial charge on any atom is 0.343 e. The molecule has 0 saturated carbocycles. The zero-order valence-corrected chi connectivity index (χ0v) is 20.7. The van der Waals surface area contributed by atoms with Crippen molar-refractivity contribution in [3.63, 3.8) is 0 Å². The number of aromatic nitrogens is 2. The second-order valence-corrected chi connectivity index (χ2v) is 9.67. The Balaban J connectivity index is 1.68. The summed E-state index contributed by atoms with van der Waals surface area (Å²) in [5, 5.41) is 12.1. The van der Waals surface area contributed by atoms with E-state index in [9.17, 15) is 19.5 Å². The second-order valence-electron chi connectivity index (χ2n) is 9.67. The molecule has 2 aliphatic heterocycles. The molecule has 2 aliphatic rings. The third-order valence-corrected chi connectivity index (χ3v) is 7.43. The minimum Gasteiger partial charge on any atom is -0.458 e. The standard InChI is InChI=1S/C27H30N4O5/c1-4-27(35)20-11-22-24-18(13-31(22)25(33)19(20)14-36-26(27)34)16(17-7-5-6-8-21(17)29-24)9-10-30(15(2)3)23(32)12-28/h5-8,11,15,35H,4,9-10,12-14,28H2,1-3H3/t27-/m0/s1. The van der Waals surface area contributed by atoms with Crippen LogP contribution in [0, 0.1) is 0 Å². The number of ether oxygens (including phenoxy) is 1. The lowest BCUT2D eigenvalue weighted by atomic mass is 9.86. The Kier molecular flexibility index (Phi) is 5.92. The number of para-hydroxylation sites is 1. The summed E-state index contributed by atoms with van der Waals surface area (Å²) in [6.07, 6.45) is 0.656. The number of rotatable bonds is 6. The molecule has 1 aromatic carbocycles. The molecule has 3 N–H and O–H groups in total. The molecule has 5 rings (SSSR count). The molecule has 0 radical (unpaired) electrons. The van der Waals surface area contributed by atoms with E-state index in [-0.39, 0.29) is 37.1 Å². The van der Waals surface area contributed by atoms with Crippen molar-refractivity contribution in [1.82, 2.24) is 14.5 Å². The van der Waals surface area contributed by atoms with Crippen LogP contribution in [0.15, 0.2) is 35.1 Å². The number of esters is 1.